The van der Waals surface area contributed by atoms with Gasteiger partial charge in [0.25, 0.3) is 0 Å². The third-order valence-electron chi connectivity index (χ3n) is 5.22. The Kier molecular flexibility index (Phi) is 5.49. The lowest BCUT2D eigenvalue weighted by Crippen LogP contribution is -2.47. The molecule has 0 aliphatic carbocycles. The Morgan fingerprint density at radius 3 is 2.58 bits per heavy atom. The molecule has 2 saturated heterocycles. The summed E-state index contributed by atoms with van der Waals surface area (Å²) in [6.07, 6.45) is 2.67. The average Bonchev–Trinajstić information content (AvgIpc) is 3.22. The molecular formula is C20H22ClFN2O2. The normalized spacial score (nSPS) is 24.3. The number of carbonyl (C=O) groups excluding carboxylic acids is 1. The lowest BCUT2D eigenvalue weighted by Gasteiger charge is -2.22. The fraction of sp³-hybridized carbons (Fsp3) is 0.350. The number of benzene rings is 2. The fourth-order valence-corrected chi connectivity index (χ4v) is 3.74. The standard InChI is InChI=1S/C20H21FN2O2.ClH/c21-17-4-2-1-3-15(17)13-25-16-7-5-14(6-8-16)18-9-10-20(23-18)11-12-22-19(20)24;/h1-8,18,23H,9-13H2,(H,22,24);1H. The van der Waals surface area contributed by atoms with Gasteiger partial charge in [0.2, 0.25) is 5.91 Å². The second-order valence-corrected chi connectivity index (χ2v) is 6.77. The Hall–Kier alpha value is -2.11. The zero-order valence-electron chi connectivity index (χ0n) is 14.3. The summed E-state index contributed by atoms with van der Waals surface area (Å²) in [6.45, 7) is 0.957. The minimum atomic E-state index is -0.384. The van der Waals surface area contributed by atoms with Crippen LogP contribution in [0, 0.1) is 5.82 Å². The summed E-state index contributed by atoms with van der Waals surface area (Å²) < 4.78 is 19.3. The van der Waals surface area contributed by atoms with Crippen molar-refractivity contribution in [2.24, 2.45) is 0 Å². The van der Waals surface area contributed by atoms with Crippen molar-refractivity contribution < 1.29 is 13.9 Å². The van der Waals surface area contributed by atoms with Gasteiger partial charge in [0, 0.05) is 18.2 Å². The number of halogens is 2. The van der Waals surface area contributed by atoms with Crippen LogP contribution in [0.5, 0.6) is 5.75 Å². The third kappa shape index (κ3) is 3.55. The van der Waals surface area contributed by atoms with Crippen molar-refractivity contribution in [1.82, 2.24) is 10.6 Å². The molecule has 138 valence electrons. The van der Waals surface area contributed by atoms with Crippen molar-refractivity contribution in [3.63, 3.8) is 0 Å². The van der Waals surface area contributed by atoms with Gasteiger partial charge in [0.15, 0.2) is 0 Å². The van der Waals surface area contributed by atoms with Crippen LogP contribution < -0.4 is 15.4 Å². The third-order valence-corrected chi connectivity index (χ3v) is 5.22. The van der Waals surface area contributed by atoms with Crippen molar-refractivity contribution >= 4 is 18.3 Å². The molecule has 0 bridgehead atoms. The maximum atomic E-state index is 13.6. The summed E-state index contributed by atoms with van der Waals surface area (Å²) >= 11 is 0. The van der Waals surface area contributed by atoms with Crippen LogP contribution in [0.3, 0.4) is 0 Å². The zero-order valence-corrected chi connectivity index (χ0v) is 15.2. The van der Waals surface area contributed by atoms with Gasteiger partial charge in [-0.05, 0) is 43.0 Å². The van der Waals surface area contributed by atoms with Crippen molar-refractivity contribution in [2.75, 3.05) is 6.54 Å². The summed E-state index contributed by atoms with van der Waals surface area (Å²) in [5, 5.41) is 6.43. The first-order valence-electron chi connectivity index (χ1n) is 8.68. The van der Waals surface area contributed by atoms with E-state index in [0.29, 0.717) is 11.3 Å². The molecule has 2 aromatic rings. The smallest absolute Gasteiger partial charge is 0.240 e. The van der Waals surface area contributed by atoms with Crippen LogP contribution in [0.25, 0.3) is 0 Å². The summed E-state index contributed by atoms with van der Waals surface area (Å²) in [7, 11) is 0. The van der Waals surface area contributed by atoms with Gasteiger partial charge in [0.1, 0.15) is 23.7 Å². The Bertz CT molecular complexity index is 784. The number of nitrogens with one attached hydrogen (secondary N) is 2. The highest BCUT2D eigenvalue weighted by atomic mass is 35.5. The molecule has 6 heteroatoms. The van der Waals surface area contributed by atoms with Crippen molar-refractivity contribution in [3.05, 3.63) is 65.5 Å². The first kappa shape index (κ1) is 18.7. The van der Waals surface area contributed by atoms with E-state index in [1.807, 2.05) is 24.3 Å². The second kappa shape index (κ2) is 7.64. The van der Waals surface area contributed by atoms with Crippen LogP contribution in [0.2, 0.25) is 0 Å². The summed E-state index contributed by atoms with van der Waals surface area (Å²) in [6, 6.07) is 14.6. The van der Waals surface area contributed by atoms with E-state index >= 15 is 0 Å². The van der Waals surface area contributed by atoms with Gasteiger partial charge in [0.05, 0.1) is 0 Å². The first-order valence-corrected chi connectivity index (χ1v) is 8.68. The van der Waals surface area contributed by atoms with E-state index in [2.05, 4.69) is 10.6 Å². The van der Waals surface area contributed by atoms with E-state index in [4.69, 9.17) is 4.74 Å². The largest absolute Gasteiger partial charge is 0.489 e. The maximum absolute atomic E-state index is 13.6. The molecule has 2 aliphatic rings. The molecule has 2 fully saturated rings. The van der Waals surface area contributed by atoms with Crippen LogP contribution in [-0.4, -0.2) is 18.0 Å². The monoisotopic (exact) mass is 376 g/mol. The molecule has 1 amide bonds. The topological polar surface area (TPSA) is 50.4 Å². The van der Waals surface area contributed by atoms with Crippen LogP contribution in [0.4, 0.5) is 4.39 Å². The van der Waals surface area contributed by atoms with Gasteiger partial charge < -0.3 is 10.1 Å². The fourth-order valence-electron chi connectivity index (χ4n) is 3.74. The molecule has 2 aromatic carbocycles. The molecule has 0 radical (unpaired) electrons. The SMILES string of the molecule is Cl.O=C1NCCC12CCC(c1ccc(OCc3ccccc3F)cc1)N2. The van der Waals surface area contributed by atoms with Crippen molar-refractivity contribution in [1.29, 1.82) is 0 Å². The number of hydrogen-bond acceptors (Lipinski definition) is 3. The number of rotatable bonds is 4. The van der Waals surface area contributed by atoms with Gasteiger partial charge in [-0.2, -0.15) is 0 Å². The van der Waals surface area contributed by atoms with Crippen LogP contribution in [0.15, 0.2) is 48.5 Å². The van der Waals surface area contributed by atoms with E-state index < -0.39 is 0 Å². The number of carbonyl (C=O) groups is 1. The second-order valence-electron chi connectivity index (χ2n) is 6.77. The van der Waals surface area contributed by atoms with Gasteiger partial charge in [-0.15, -0.1) is 12.4 Å². The molecule has 2 aliphatic heterocycles. The predicted octanol–water partition coefficient (Wildman–Crippen LogP) is 3.51. The summed E-state index contributed by atoms with van der Waals surface area (Å²) in [5.74, 6) is 0.576. The molecule has 2 unspecified atom stereocenters. The molecule has 4 nitrogen and oxygen atoms in total. The molecule has 0 aromatic heterocycles. The van der Waals surface area contributed by atoms with Gasteiger partial charge in [-0.25, -0.2) is 4.39 Å². The highest BCUT2D eigenvalue weighted by molar-refractivity contribution is 5.88. The lowest BCUT2D eigenvalue weighted by atomic mass is 9.96. The first-order chi connectivity index (χ1) is 12.2. The molecule has 26 heavy (non-hydrogen) atoms. The summed E-state index contributed by atoms with van der Waals surface area (Å²) in [5.41, 5.74) is 1.30. The van der Waals surface area contributed by atoms with Crippen molar-refractivity contribution in [3.8, 4) is 5.75 Å². The molecule has 1 spiro atoms. The highest BCUT2D eigenvalue weighted by Gasteiger charge is 2.47. The Labute approximate surface area is 158 Å². The van der Waals surface area contributed by atoms with Crippen LogP contribution >= 0.6 is 12.4 Å². The van der Waals surface area contributed by atoms with Crippen LogP contribution in [-0.2, 0) is 11.4 Å². The highest BCUT2D eigenvalue weighted by Crippen LogP contribution is 2.37. The zero-order chi connectivity index (χ0) is 17.3. The van der Waals surface area contributed by atoms with Gasteiger partial charge in [-0.3, -0.25) is 10.1 Å². The Morgan fingerprint density at radius 2 is 1.88 bits per heavy atom. The minimum Gasteiger partial charge on any atom is -0.489 e. The minimum absolute atomic E-state index is 0. The Morgan fingerprint density at radius 1 is 1.12 bits per heavy atom. The van der Waals surface area contributed by atoms with E-state index in [1.54, 1.807) is 18.2 Å². The van der Waals surface area contributed by atoms with E-state index in [0.717, 1.165) is 31.4 Å². The molecular weight excluding hydrogens is 355 g/mol. The summed E-state index contributed by atoms with van der Waals surface area (Å²) in [4.78, 5) is 12.1. The Balaban J connectivity index is 0.00000196. The molecule has 0 saturated carbocycles. The number of ether oxygens (including phenoxy) is 1. The quantitative estimate of drug-likeness (QED) is 0.858. The average molecular weight is 377 g/mol. The van der Waals surface area contributed by atoms with E-state index in [-0.39, 0.29) is 42.3 Å². The lowest BCUT2D eigenvalue weighted by molar-refractivity contribution is -0.124. The predicted molar refractivity (Wildman–Crippen MR) is 99.9 cm³/mol. The molecule has 4 rings (SSSR count). The molecule has 2 heterocycles. The maximum Gasteiger partial charge on any atom is 0.240 e. The van der Waals surface area contributed by atoms with Gasteiger partial charge >= 0.3 is 0 Å². The van der Waals surface area contributed by atoms with Gasteiger partial charge in [-0.1, -0.05) is 30.3 Å². The number of hydrogen-bond donors (Lipinski definition) is 2. The van der Waals surface area contributed by atoms with Crippen molar-refractivity contribution in [2.45, 2.75) is 37.5 Å². The molecule has 2 atom stereocenters. The van der Waals surface area contributed by atoms with E-state index in [9.17, 15) is 9.18 Å². The van der Waals surface area contributed by atoms with Crippen LogP contribution in [0.1, 0.15) is 36.4 Å². The molecule has 2 N–H and O–H groups in total. The number of amides is 1. The van der Waals surface area contributed by atoms with E-state index in [1.165, 1.54) is 6.07 Å².